The quantitative estimate of drug-likeness (QED) is 0.559. The van der Waals surface area contributed by atoms with Crippen LogP contribution in [0.15, 0.2) is 65.9 Å². The lowest BCUT2D eigenvalue weighted by Gasteiger charge is -2.05. The maximum absolute atomic E-state index is 11.9. The summed E-state index contributed by atoms with van der Waals surface area (Å²) in [6.45, 7) is 0. The second kappa shape index (κ2) is 6.05. The van der Waals surface area contributed by atoms with Crippen molar-refractivity contribution < 1.29 is 4.79 Å². The van der Waals surface area contributed by atoms with Crippen LogP contribution in [0, 0.1) is 0 Å². The molecule has 0 unspecified atom stereocenters. The lowest BCUT2D eigenvalue weighted by molar-refractivity contribution is -0.120. The highest BCUT2D eigenvalue weighted by Crippen LogP contribution is 2.18. The number of nitrogens with zero attached hydrogens (tertiary/aromatic N) is 1. The van der Waals surface area contributed by atoms with Gasteiger partial charge in [0.1, 0.15) is 0 Å². The molecule has 1 amide bonds. The second-order valence-electron chi connectivity index (χ2n) is 4.73. The SMILES string of the molecule is O=C(Cc1cccc2ccccc12)NN=Cc1ccc[nH]1. The first kappa shape index (κ1) is 13.1. The number of hydrazone groups is 1. The van der Waals surface area contributed by atoms with Crippen LogP contribution in [0.4, 0.5) is 0 Å². The fourth-order valence-corrected chi connectivity index (χ4v) is 2.26. The molecule has 0 aliphatic rings. The summed E-state index contributed by atoms with van der Waals surface area (Å²) in [6.07, 6.45) is 3.70. The van der Waals surface area contributed by atoms with Crippen molar-refractivity contribution >= 4 is 22.9 Å². The maximum atomic E-state index is 11.9. The highest BCUT2D eigenvalue weighted by Gasteiger charge is 2.05. The number of carbonyl (C=O) groups excluding carboxylic acids is 1. The van der Waals surface area contributed by atoms with Crippen molar-refractivity contribution in [2.75, 3.05) is 0 Å². The van der Waals surface area contributed by atoms with Crippen LogP contribution in [-0.4, -0.2) is 17.1 Å². The molecule has 0 aliphatic carbocycles. The summed E-state index contributed by atoms with van der Waals surface area (Å²) in [6, 6.07) is 17.8. The van der Waals surface area contributed by atoms with Crippen molar-refractivity contribution in [2.24, 2.45) is 5.10 Å². The standard InChI is InChI=1S/C17H15N3O/c21-17(20-19-12-15-8-4-10-18-15)11-14-7-3-6-13-5-1-2-9-16(13)14/h1-10,12,18H,11H2,(H,20,21). The van der Waals surface area contributed by atoms with E-state index in [1.807, 2.05) is 54.6 Å². The lowest BCUT2D eigenvalue weighted by atomic mass is 10.0. The molecule has 0 saturated heterocycles. The Morgan fingerprint density at radius 2 is 1.95 bits per heavy atom. The molecule has 1 aromatic heterocycles. The van der Waals surface area contributed by atoms with E-state index in [1.54, 1.807) is 12.4 Å². The van der Waals surface area contributed by atoms with E-state index in [0.717, 1.165) is 22.0 Å². The van der Waals surface area contributed by atoms with E-state index in [9.17, 15) is 4.79 Å². The van der Waals surface area contributed by atoms with E-state index >= 15 is 0 Å². The first-order valence-electron chi connectivity index (χ1n) is 6.75. The smallest absolute Gasteiger partial charge is 0.244 e. The van der Waals surface area contributed by atoms with Gasteiger partial charge in [-0.3, -0.25) is 4.79 Å². The van der Waals surface area contributed by atoms with Gasteiger partial charge < -0.3 is 4.98 Å². The van der Waals surface area contributed by atoms with Crippen LogP contribution >= 0.6 is 0 Å². The minimum absolute atomic E-state index is 0.130. The van der Waals surface area contributed by atoms with Crippen molar-refractivity contribution in [2.45, 2.75) is 6.42 Å². The topological polar surface area (TPSA) is 57.2 Å². The lowest BCUT2D eigenvalue weighted by Crippen LogP contribution is -2.19. The average Bonchev–Trinajstić information content (AvgIpc) is 3.01. The van der Waals surface area contributed by atoms with E-state index in [0.29, 0.717) is 6.42 Å². The number of hydrogen-bond acceptors (Lipinski definition) is 2. The van der Waals surface area contributed by atoms with Crippen molar-refractivity contribution in [1.82, 2.24) is 10.4 Å². The number of rotatable bonds is 4. The number of H-pyrrole nitrogens is 1. The summed E-state index contributed by atoms with van der Waals surface area (Å²) in [5.41, 5.74) is 4.39. The Labute approximate surface area is 122 Å². The minimum atomic E-state index is -0.130. The first-order chi connectivity index (χ1) is 10.3. The van der Waals surface area contributed by atoms with Gasteiger partial charge in [-0.05, 0) is 28.5 Å². The second-order valence-corrected chi connectivity index (χ2v) is 4.73. The number of carbonyl (C=O) groups is 1. The molecule has 4 nitrogen and oxygen atoms in total. The molecule has 2 aromatic carbocycles. The number of nitrogens with one attached hydrogen (secondary N) is 2. The summed E-state index contributed by atoms with van der Waals surface area (Å²) in [5, 5.41) is 6.17. The Morgan fingerprint density at radius 1 is 1.10 bits per heavy atom. The molecule has 0 spiro atoms. The third kappa shape index (κ3) is 3.17. The van der Waals surface area contributed by atoms with Gasteiger partial charge in [0.15, 0.2) is 0 Å². The zero-order valence-corrected chi connectivity index (χ0v) is 11.4. The Bertz CT molecular complexity index is 770. The Hall–Kier alpha value is -2.88. The summed E-state index contributed by atoms with van der Waals surface area (Å²) in [7, 11) is 0. The fraction of sp³-hybridized carbons (Fsp3) is 0.0588. The fourth-order valence-electron chi connectivity index (χ4n) is 2.26. The zero-order chi connectivity index (χ0) is 14.5. The van der Waals surface area contributed by atoms with Crippen LogP contribution in [0.2, 0.25) is 0 Å². The molecule has 104 valence electrons. The highest BCUT2D eigenvalue weighted by atomic mass is 16.2. The van der Waals surface area contributed by atoms with Crippen LogP contribution in [0.5, 0.6) is 0 Å². The van der Waals surface area contributed by atoms with Gasteiger partial charge in [-0.1, -0.05) is 42.5 Å². The number of aromatic nitrogens is 1. The van der Waals surface area contributed by atoms with Gasteiger partial charge in [-0.15, -0.1) is 0 Å². The van der Waals surface area contributed by atoms with Crippen molar-refractivity contribution in [3.63, 3.8) is 0 Å². The van der Waals surface area contributed by atoms with Crippen molar-refractivity contribution in [1.29, 1.82) is 0 Å². The zero-order valence-electron chi connectivity index (χ0n) is 11.4. The average molecular weight is 277 g/mol. The molecule has 0 saturated carbocycles. The van der Waals surface area contributed by atoms with Gasteiger partial charge in [0.2, 0.25) is 5.91 Å². The molecule has 0 fully saturated rings. The molecule has 0 aliphatic heterocycles. The molecule has 3 aromatic rings. The predicted octanol–water partition coefficient (Wildman–Crippen LogP) is 2.86. The molecule has 0 bridgehead atoms. The van der Waals surface area contributed by atoms with E-state index < -0.39 is 0 Å². The molecular formula is C17H15N3O. The largest absolute Gasteiger partial charge is 0.360 e. The van der Waals surface area contributed by atoms with Gasteiger partial charge >= 0.3 is 0 Å². The van der Waals surface area contributed by atoms with Gasteiger partial charge in [0.05, 0.1) is 18.3 Å². The number of fused-ring (bicyclic) bond motifs is 1. The van der Waals surface area contributed by atoms with Gasteiger partial charge in [0.25, 0.3) is 0 Å². The first-order valence-corrected chi connectivity index (χ1v) is 6.75. The van der Waals surface area contributed by atoms with Crippen LogP contribution < -0.4 is 5.43 Å². The normalized spacial score (nSPS) is 11.0. The minimum Gasteiger partial charge on any atom is -0.360 e. The summed E-state index contributed by atoms with van der Waals surface area (Å²) >= 11 is 0. The van der Waals surface area contributed by atoms with E-state index in [-0.39, 0.29) is 5.91 Å². The summed E-state index contributed by atoms with van der Waals surface area (Å²) in [4.78, 5) is 14.9. The highest BCUT2D eigenvalue weighted by molar-refractivity contribution is 5.90. The number of hydrogen-bond donors (Lipinski definition) is 2. The Balaban J connectivity index is 1.69. The third-order valence-electron chi connectivity index (χ3n) is 3.25. The molecule has 3 rings (SSSR count). The number of benzene rings is 2. The van der Waals surface area contributed by atoms with E-state index in [4.69, 9.17) is 0 Å². The molecule has 1 heterocycles. The maximum Gasteiger partial charge on any atom is 0.244 e. The molecule has 21 heavy (non-hydrogen) atoms. The molecular weight excluding hydrogens is 262 g/mol. The molecule has 0 atom stereocenters. The van der Waals surface area contributed by atoms with Crippen LogP contribution in [0.25, 0.3) is 10.8 Å². The van der Waals surface area contributed by atoms with Crippen molar-refractivity contribution in [3.8, 4) is 0 Å². The predicted molar refractivity (Wildman–Crippen MR) is 84.2 cm³/mol. The third-order valence-corrected chi connectivity index (χ3v) is 3.25. The van der Waals surface area contributed by atoms with Gasteiger partial charge in [-0.2, -0.15) is 5.10 Å². The van der Waals surface area contributed by atoms with E-state index in [1.165, 1.54) is 0 Å². The molecule has 4 heteroatoms. The van der Waals surface area contributed by atoms with Crippen LogP contribution in [0.1, 0.15) is 11.3 Å². The van der Waals surface area contributed by atoms with Crippen molar-refractivity contribution in [3.05, 3.63) is 72.1 Å². The van der Waals surface area contributed by atoms with Gasteiger partial charge in [-0.25, -0.2) is 5.43 Å². The Morgan fingerprint density at radius 3 is 2.81 bits per heavy atom. The Kier molecular flexibility index (Phi) is 3.78. The van der Waals surface area contributed by atoms with Gasteiger partial charge in [0, 0.05) is 6.20 Å². The number of aromatic amines is 1. The summed E-state index contributed by atoms with van der Waals surface area (Å²) < 4.78 is 0. The number of amides is 1. The molecule has 0 radical (unpaired) electrons. The van der Waals surface area contributed by atoms with E-state index in [2.05, 4.69) is 15.5 Å². The monoisotopic (exact) mass is 277 g/mol. The van der Waals surface area contributed by atoms with Crippen LogP contribution in [0.3, 0.4) is 0 Å². The summed E-state index contributed by atoms with van der Waals surface area (Å²) in [5.74, 6) is -0.130. The molecule has 2 N–H and O–H groups in total. The van der Waals surface area contributed by atoms with Crippen LogP contribution in [-0.2, 0) is 11.2 Å².